The molecule has 0 radical (unpaired) electrons. The first-order valence-corrected chi connectivity index (χ1v) is 8.74. The normalized spacial score (nSPS) is 16.7. The second kappa shape index (κ2) is 7.14. The van der Waals surface area contributed by atoms with Gasteiger partial charge in [-0.05, 0) is 29.1 Å². The lowest BCUT2D eigenvalue weighted by molar-refractivity contribution is -0.139. The van der Waals surface area contributed by atoms with Gasteiger partial charge in [0.15, 0.2) is 0 Å². The zero-order valence-electron chi connectivity index (χ0n) is 14.0. The molecule has 0 fully saturated rings. The number of hydrogen-bond acceptors (Lipinski definition) is 4. The van der Waals surface area contributed by atoms with Crippen LogP contribution < -0.4 is 0 Å². The van der Waals surface area contributed by atoms with Crippen LogP contribution >= 0.6 is 11.3 Å². The SMILES string of the molecule is CC(=O)N(C)CC(=O)N1N=C(c2cccs2)C[C@H]1c1ccc(F)cc1. The van der Waals surface area contributed by atoms with Gasteiger partial charge in [0.05, 0.1) is 16.6 Å². The fraction of sp³-hybridized carbons (Fsp3) is 0.278. The highest BCUT2D eigenvalue weighted by molar-refractivity contribution is 7.12. The number of rotatable bonds is 4. The molecule has 5 nitrogen and oxygen atoms in total. The van der Waals surface area contributed by atoms with Crippen molar-refractivity contribution in [2.24, 2.45) is 5.10 Å². The first-order valence-electron chi connectivity index (χ1n) is 7.86. The van der Waals surface area contributed by atoms with Gasteiger partial charge in [-0.3, -0.25) is 9.59 Å². The molecule has 0 unspecified atom stereocenters. The molecule has 130 valence electrons. The minimum absolute atomic E-state index is 0.0474. The summed E-state index contributed by atoms with van der Waals surface area (Å²) in [4.78, 5) is 26.4. The average molecular weight is 359 g/mol. The van der Waals surface area contributed by atoms with E-state index in [4.69, 9.17) is 0 Å². The van der Waals surface area contributed by atoms with E-state index in [0.29, 0.717) is 6.42 Å². The number of hydrazone groups is 1. The Bertz CT molecular complexity index is 802. The van der Waals surface area contributed by atoms with Crippen molar-refractivity contribution in [3.05, 3.63) is 58.0 Å². The summed E-state index contributed by atoms with van der Waals surface area (Å²) in [7, 11) is 1.58. The van der Waals surface area contributed by atoms with E-state index < -0.39 is 0 Å². The molecule has 25 heavy (non-hydrogen) atoms. The summed E-state index contributed by atoms with van der Waals surface area (Å²) in [5.41, 5.74) is 1.64. The standard InChI is InChI=1S/C18H18FN3O2S/c1-12(23)21(2)11-18(24)22-16(13-5-7-14(19)8-6-13)10-15(20-22)17-4-3-9-25-17/h3-9,16H,10-11H2,1-2H3/t16-/m0/s1. The highest BCUT2D eigenvalue weighted by Crippen LogP contribution is 2.33. The molecule has 1 aliphatic rings. The van der Waals surface area contributed by atoms with Crippen LogP contribution in [0.4, 0.5) is 4.39 Å². The molecule has 2 amide bonds. The minimum Gasteiger partial charge on any atom is -0.337 e. The third-order valence-electron chi connectivity index (χ3n) is 4.14. The molecule has 0 saturated heterocycles. The smallest absolute Gasteiger partial charge is 0.262 e. The predicted molar refractivity (Wildman–Crippen MR) is 94.8 cm³/mol. The fourth-order valence-corrected chi connectivity index (χ4v) is 3.38. The monoisotopic (exact) mass is 359 g/mol. The van der Waals surface area contributed by atoms with Crippen molar-refractivity contribution in [1.29, 1.82) is 0 Å². The quantitative estimate of drug-likeness (QED) is 0.842. The van der Waals surface area contributed by atoms with Crippen molar-refractivity contribution in [3.8, 4) is 0 Å². The maximum absolute atomic E-state index is 13.2. The maximum atomic E-state index is 13.2. The number of thiophene rings is 1. The molecule has 2 aromatic rings. The van der Waals surface area contributed by atoms with Crippen LogP contribution in [-0.2, 0) is 9.59 Å². The molecule has 1 aliphatic heterocycles. The zero-order valence-corrected chi connectivity index (χ0v) is 14.8. The van der Waals surface area contributed by atoms with Gasteiger partial charge in [-0.2, -0.15) is 5.10 Å². The number of likely N-dealkylation sites (N-methyl/N-ethyl adjacent to an activating group) is 1. The molecule has 3 rings (SSSR count). The lowest BCUT2D eigenvalue weighted by Gasteiger charge is -2.24. The van der Waals surface area contributed by atoms with E-state index in [9.17, 15) is 14.0 Å². The number of nitrogens with zero attached hydrogens (tertiary/aromatic N) is 3. The molecule has 0 spiro atoms. The number of hydrogen-bond donors (Lipinski definition) is 0. The van der Waals surface area contributed by atoms with Crippen LogP contribution in [0.5, 0.6) is 0 Å². The lowest BCUT2D eigenvalue weighted by Crippen LogP contribution is -2.38. The van der Waals surface area contributed by atoms with Gasteiger partial charge in [-0.25, -0.2) is 9.40 Å². The largest absolute Gasteiger partial charge is 0.337 e. The van der Waals surface area contributed by atoms with Crippen molar-refractivity contribution < 1.29 is 14.0 Å². The summed E-state index contributed by atoms with van der Waals surface area (Å²) in [6, 6.07) is 9.69. The summed E-state index contributed by atoms with van der Waals surface area (Å²) < 4.78 is 13.2. The van der Waals surface area contributed by atoms with Gasteiger partial charge < -0.3 is 4.90 Å². The zero-order chi connectivity index (χ0) is 18.0. The van der Waals surface area contributed by atoms with E-state index in [1.807, 2.05) is 17.5 Å². The van der Waals surface area contributed by atoms with Gasteiger partial charge in [-0.1, -0.05) is 18.2 Å². The Kier molecular flexibility index (Phi) is 4.94. The second-order valence-corrected chi connectivity index (χ2v) is 6.86. The number of benzene rings is 1. The molecule has 7 heteroatoms. The Hall–Kier alpha value is -2.54. The van der Waals surface area contributed by atoms with E-state index in [1.165, 1.54) is 29.0 Å². The summed E-state index contributed by atoms with van der Waals surface area (Å²) in [6.45, 7) is 1.36. The highest BCUT2D eigenvalue weighted by Gasteiger charge is 2.33. The first kappa shape index (κ1) is 17.3. The van der Waals surface area contributed by atoms with Crippen LogP contribution in [0, 0.1) is 5.82 Å². The highest BCUT2D eigenvalue weighted by atomic mass is 32.1. The molecule has 0 bridgehead atoms. The van der Waals surface area contributed by atoms with Crippen molar-refractivity contribution >= 4 is 28.9 Å². The van der Waals surface area contributed by atoms with Gasteiger partial charge in [0.2, 0.25) is 5.91 Å². The van der Waals surface area contributed by atoms with E-state index in [2.05, 4.69) is 5.10 Å². The molecule has 2 heterocycles. The van der Waals surface area contributed by atoms with Gasteiger partial charge in [0.1, 0.15) is 12.4 Å². The average Bonchev–Trinajstić information content (AvgIpc) is 3.24. The number of carbonyl (C=O) groups is 2. The van der Waals surface area contributed by atoms with Crippen molar-refractivity contribution in [2.45, 2.75) is 19.4 Å². The Labute approximate surface area is 149 Å². The maximum Gasteiger partial charge on any atom is 0.262 e. The van der Waals surface area contributed by atoms with Crippen molar-refractivity contribution in [3.63, 3.8) is 0 Å². The Morgan fingerprint density at radius 2 is 2.04 bits per heavy atom. The minimum atomic E-state index is -0.324. The van der Waals surface area contributed by atoms with Crippen LogP contribution in [0.15, 0.2) is 46.9 Å². The Morgan fingerprint density at radius 3 is 2.64 bits per heavy atom. The number of amides is 2. The topological polar surface area (TPSA) is 53.0 Å². The van der Waals surface area contributed by atoms with E-state index >= 15 is 0 Å². The van der Waals surface area contributed by atoms with Crippen molar-refractivity contribution in [1.82, 2.24) is 9.91 Å². The van der Waals surface area contributed by atoms with Crippen LogP contribution in [-0.4, -0.2) is 41.0 Å². The van der Waals surface area contributed by atoms with E-state index in [1.54, 1.807) is 30.5 Å². The van der Waals surface area contributed by atoms with Crippen molar-refractivity contribution in [2.75, 3.05) is 13.6 Å². The summed E-state index contributed by atoms with van der Waals surface area (Å²) in [5, 5.41) is 7.88. The molecule has 1 aromatic carbocycles. The molecule has 1 atom stereocenters. The number of carbonyl (C=O) groups excluding carboxylic acids is 2. The Balaban J connectivity index is 1.89. The molecular formula is C18H18FN3O2S. The van der Waals surface area contributed by atoms with Gasteiger partial charge in [-0.15, -0.1) is 11.3 Å². The van der Waals surface area contributed by atoms with Crippen LogP contribution in [0.1, 0.15) is 29.8 Å². The predicted octanol–water partition coefficient (Wildman–Crippen LogP) is 3.04. The van der Waals surface area contributed by atoms with E-state index in [-0.39, 0.29) is 30.2 Å². The summed E-state index contributed by atoms with van der Waals surface area (Å²) in [6.07, 6.45) is 0.557. The third kappa shape index (κ3) is 3.76. The lowest BCUT2D eigenvalue weighted by atomic mass is 10.0. The van der Waals surface area contributed by atoms with Gasteiger partial charge in [0.25, 0.3) is 5.91 Å². The second-order valence-electron chi connectivity index (χ2n) is 5.91. The Morgan fingerprint density at radius 1 is 1.32 bits per heavy atom. The first-order chi connectivity index (χ1) is 12.0. The van der Waals surface area contributed by atoms with Crippen LogP contribution in [0.2, 0.25) is 0 Å². The molecule has 1 aromatic heterocycles. The molecule has 0 aliphatic carbocycles. The van der Waals surface area contributed by atoms with Crippen LogP contribution in [0.25, 0.3) is 0 Å². The summed E-state index contributed by atoms with van der Waals surface area (Å²) >= 11 is 1.56. The molecular weight excluding hydrogens is 341 g/mol. The third-order valence-corrected chi connectivity index (χ3v) is 5.06. The fourth-order valence-electron chi connectivity index (χ4n) is 2.66. The number of halogens is 1. The van der Waals surface area contributed by atoms with Gasteiger partial charge in [0, 0.05) is 20.4 Å². The van der Waals surface area contributed by atoms with Gasteiger partial charge >= 0.3 is 0 Å². The summed E-state index contributed by atoms with van der Waals surface area (Å²) in [5.74, 6) is -0.776. The molecule has 0 N–H and O–H groups in total. The van der Waals surface area contributed by atoms with Crippen LogP contribution in [0.3, 0.4) is 0 Å². The molecule has 0 saturated carbocycles. The van der Waals surface area contributed by atoms with E-state index in [0.717, 1.165) is 16.2 Å².